The van der Waals surface area contributed by atoms with Gasteiger partial charge in [0.05, 0.1) is 43.0 Å². The van der Waals surface area contributed by atoms with Crippen LogP contribution >= 0.6 is 0 Å². The predicted octanol–water partition coefficient (Wildman–Crippen LogP) is 4.29. The Balaban J connectivity index is 1.32. The number of carboxylic acid groups (broad SMARTS) is 2. The van der Waals surface area contributed by atoms with Crippen LogP contribution in [0, 0.1) is 11.2 Å². The molecule has 1 spiro atoms. The minimum atomic E-state index is -1.24. The minimum absolute atomic E-state index is 0.124. The largest absolute Gasteiger partial charge is 0.493 e. The van der Waals surface area contributed by atoms with Gasteiger partial charge in [-0.1, -0.05) is 12.1 Å². The number of halogens is 1. The molecule has 2 fully saturated rings. The van der Waals surface area contributed by atoms with Crippen molar-refractivity contribution in [2.45, 2.75) is 39.7 Å². The monoisotopic (exact) mass is 591 g/mol. The van der Waals surface area contributed by atoms with E-state index < -0.39 is 11.9 Å². The molecule has 3 aromatic rings. The van der Waals surface area contributed by atoms with E-state index in [1.807, 2.05) is 26.0 Å². The number of amides is 1. The second-order valence-electron chi connectivity index (χ2n) is 11.3. The fourth-order valence-electron chi connectivity index (χ4n) is 6.27. The van der Waals surface area contributed by atoms with Crippen LogP contribution in [-0.4, -0.2) is 60.9 Å². The van der Waals surface area contributed by atoms with Gasteiger partial charge >= 0.3 is 11.9 Å². The standard InChI is InChI=1S/C33H35FN2O7/c1-3-42-27-13-21(14-28(43-4-2)30(27)22-5-7-25(34)8-6-22)19-35-11-9-33(10-12-35)18-29(37)36(20-33)26-16-23(31(38)39)15-24(17-26)32(40)41/h5-8,13-17H,3-4,9-12,18-20H2,1-2H3,(H,38,39)(H,40,41)/p+1. The number of nitrogens with zero attached hydrogens (tertiary/aromatic N) is 1. The van der Waals surface area contributed by atoms with Crippen molar-refractivity contribution in [3.05, 3.63) is 77.1 Å². The molecule has 0 atom stereocenters. The number of carboxylic acids is 2. The van der Waals surface area contributed by atoms with Crippen molar-refractivity contribution < 1.29 is 43.4 Å². The van der Waals surface area contributed by atoms with Crippen LogP contribution < -0.4 is 19.3 Å². The fourth-order valence-corrected chi connectivity index (χ4v) is 6.27. The smallest absolute Gasteiger partial charge is 0.335 e. The zero-order valence-corrected chi connectivity index (χ0v) is 24.3. The van der Waals surface area contributed by atoms with E-state index in [4.69, 9.17) is 9.47 Å². The summed E-state index contributed by atoms with van der Waals surface area (Å²) in [6, 6.07) is 14.2. The predicted molar refractivity (Wildman–Crippen MR) is 158 cm³/mol. The number of likely N-dealkylation sites (tertiary alicyclic amines) is 1. The van der Waals surface area contributed by atoms with Crippen molar-refractivity contribution in [1.29, 1.82) is 0 Å². The zero-order chi connectivity index (χ0) is 30.7. The first kappa shape index (κ1) is 30.0. The highest BCUT2D eigenvalue weighted by atomic mass is 19.1. The van der Waals surface area contributed by atoms with Gasteiger partial charge in [-0.15, -0.1) is 0 Å². The molecule has 3 N–H and O–H groups in total. The number of carbonyl (C=O) groups excluding carboxylic acids is 1. The molecule has 2 saturated heterocycles. The number of ether oxygens (including phenoxy) is 2. The molecule has 10 heteroatoms. The molecular weight excluding hydrogens is 555 g/mol. The van der Waals surface area contributed by atoms with Gasteiger partial charge in [0.25, 0.3) is 0 Å². The van der Waals surface area contributed by atoms with E-state index in [0.29, 0.717) is 43.4 Å². The van der Waals surface area contributed by atoms with E-state index in [-0.39, 0.29) is 28.3 Å². The molecular formula is C33H36FN2O7+. The molecule has 226 valence electrons. The van der Waals surface area contributed by atoms with Gasteiger partial charge in [-0.05, 0) is 61.9 Å². The number of piperidine rings is 1. The summed E-state index contributed by atoms with van der Waals surface area (Å²) < 4.78 is 25.7. The van der Waals surface area contributed by atoms with Crippen molar-refractivity contribution in [2.24, 2.45) is 5.41 Å². The van der Waals surface area contributed by atoms with Crippen LogP contribution in [0.25, 0.3) is 11.1 Å². The third-order valence-corrected chi connectivity index (χ3v) is 8.37. The molecule has 0 aromatic heterocycles. The van der Waals surface area contributed by atoms with Gasteiger partial charge in [-0.3, -0.25) is 4.79 Å². The Morgan fingerprint density at radius 3 is 1.98 bits per heavy atom. The summed E-state index contributed by atoms with van der Waals surface area (Å²) in [5.74, 6) is -1.55. The average molecular weight is 592 g/mol. The molecule has 0 unspecified atom stereocenters. The highest BCUT2D eigenvalue weighted by molar-refractivity contribution is 6.01. The lowest BCUT2D eigenvalue weighted by molar-refractivity contribution is -0.921. The van der Waals surface area contributed by atoms with Crippen LogP contribution in [0.1, 0.15) is 59.4 Å². The maximum absolute atomic E-state index is 13.6. The van der Waals surface area contributed by atoms with Gasteiger partial charge in [-0.2, -0.15) is 0 Å². The molecule has 0 saturated carbocycles. The molecule has 5 rings (SSSR count). The molecule has 3 aromatic carbocycles. The number of quaternary nitrogens is 1. The Labute approximate surface area is 249 Å². The highest BCUT2D eigenvalue weighted by Gasteiger charge is 2.47. The van der Waals surface area contributed by atoms with Gasteiger partial charge in [-0.25, -0.2) is 14.0 Å². The molecule has 0 radical (unpaired) electrons. The van der Waals surface area contributed by atoms with E-state index in [1.54, 1.807) is 17.0 Å². The molecule has 43 heavy (non-hydrogen) atoms. The molecule has 2 aliphatic heterocycles. The van der Waals surface area contributed by atoms with Crippen LogP contribution in [0.4, 0.5) is 10.1 Å². The van der Waals surface area contributed by atoms with Crippen LogP contribution in [0.2, 0.25) is 0 Å². The normalized spacial score (nSPS) is 19.9. The van der Waals surface area contributed by atoms with Crippen LogP contribution in [0.3, 0.4) is 0 Å². The first-order valence-corrected chi connectivity index (χ1v) is 14.6. The Hall–Kier alpha value is -4.44. The number of hydrogen-bond donors (Lipinski definition) is 3. The van der Waals surface area contributed by atoms with Gasteiger partial charge in [0.2, 0.25) is 5.91 Å². The number of aromatic carboxylic acids is 2. The van der Waals surface area contributed by atoms with Crippen molar-refractivity contribution in [2.75, 3.05) is 37.7 Å². The van der Waals surface area contributed by atoms with Crippen molar-refractivity contribution in [3.63, 3.8) is 0 Å². The molecule has 1 amide bonds. The van der Waals surface area contributed by atoms with E-state index in [2.05, 4.69) is 0 Å². The summed E-state index contributed by atoms with van der Waals surface area (Å²) in [6.45, 7) is 7.62. The van der Waals surface area contributed by atoms with Crippen molar-refractivity contribution >= 4 is 23.5 Å². The quantitative estimate of drug-likeness (QED) is 0.322. The van der Waals surface area contributed by atoms with E-state index in [9.17, 15) is 29.0 Å². The Morgan fingerprint density at radius 1 is 0.907 bits per heavy atom. The first-order chi connectivity index (χ1) is 20.6. The lowest BCUT2D eigenvalue weighted by Crippen LogP contribution is -3.12. The highest BCUT2D eigenvalue weighted by Crippen LogP contribution is 2.42. The molecule has 9 nitrogen and oxygen atoms in total. The van der Waals surface area contributed by atoms with Gasteiger partial charge in [0.15, 0.2) is 0 Å². The minimum Gasteiger partial charge on any atom is -0.493 e. The number of hydrogen-bond acceptors (Lipinski definition) is 5. The molecule has 0 aliphatic carbocycles. The molecule has 2 heterocycles. The van der Waals surface area contributed by atoms with Crippen LogP contribution in [0.5, 0.6) is 11.5 Å². The molecule has 0 bridgehead atoms. The number of anilines is 1. The first-order valence-electron chi connectivity index (χ1n) is 14.6. The van der Waals surface area contributed by atoms with E-state index in [0.717, 1.165) is 55.2 Å². The summed E-state index contributed by atoms with van der Waals surface area (Å²) in [5, 5.41) is 18.9. The SMILES string of the molecule is CCOc1cc(C[NH+]2CCC3(CC2)CC(=O)N(c2cc(C(=O)O)cc(C(=O)O)c2)C3)cc(OCC)c1-c1ccc(F)cc1. The fraction of sp³-hybridized carbons (Fsp3) is 0.364. The second kappa shape index (κ2) is 12.4. The summed E-state index contributed by atoms with van der Waals surface area (Å²) in [6.07, 6.45) is 1.95. The Bertz CT molecular complexity index is 1470. The second-order valence-corrected chi connectivity index (χ2v) is 11.3. The zero-order valence-electron chi connectivity index (χ0n) is 24.3. The summed E-state index contributed by atoms with van der Waals surface area (Å²) in [4.78, 5) is 39.2. The summed E-state index contributed by atoms with van der Waals surface area (Å²) >= 11 is 0. The van der Waals surface area contributed by atoms with Crippen molar-refractivity contribution in [3.8, 4) is 22.6 Å². The number of carbonyl (C=O) groups is 3. The lowest BCUT2D eigenvalue weighted by atomic mass is 9.77. The summed E-state index contributed by atoms with van der Waals surface area (Å²) in [7, 11) is 0. The topological polar surface area (TPSA) is 118 Å². The van der Waals surface area contributed by atoms with Gasteiger partial charge in [0, 0.05) is 42.5 Å². The Kier molecular flexibility index (Phi) is 8.68. The number of benzene rings is 3. The Morgan fingerprint density at radius 2 is 1.47 bits per heavy atom. The third-order valence-electron chi connectivity index (χ3n) is 8.37. The van der Waals surface area contributed by atoms with Gasteiger partial charge < -0.3 is 29.5 Å². The maximum Gasteiger partial charge on any atom is 0.335 e. The van der Waals surface area contributed by atoms with E-state index >= 15 is 0 Å². The third kappa shape index (κ3) is 6.49. The lowest BCUT2D eigenvalue weighted by Gasteiger charge is -2.36. The van der Waals surface area contributed by atoms with Crippen LogP contribution in [0.15, 0.2) is 54.6 Å². The molecule has 2 aliphatic rings. The summed E-state index contributed by atoms with van der Waals surface area (Å²) in [5.41, 5.74) is 2.40. The number of nitrogens with one attached hydrogen (secondary N) is 1. The van der Waals surface area contributed by atoms with Crippen LogP contribution in [-0.2, 0) is 11.3 Å². The average Bonchev–Trinajstić information content (AvgIpc) is 3.30. The van der Waals surface area contributed by atoms with Crippen molar-refractivity contribution in [1.82, 2.24) is 0 Å². The van der Waals surface area contributed by atoms with Gasteiger partial charge in [0.1, 0.15) is 23.9 Å². The van der Waals surface area contributed by atoms with E-state index in [1.165, 1.54) is 29.2 Å². The maximum atomic E-state index is 13.6. The number of rotatable bonds is 10.